The summed E-state index contributed by atoms with van der Waals surface area (Å²) in [7, 11) is 0. The molecule has 0 saturated carbocycles. The second kappa shape index (κ2) is 8.20. The highest BCUT2D eigenvalue weighted by molar-refractivity contribution is 6.04. The zero-order valence-electron chi connectivity index (χ0n) is 13.9. The van der Waals surface area contributed by atoms with Crippen molar-refractivity contribution in [1.29, 1.82) is 0 Å². The van der Waals surface area contributed by atoms with Gasteiger partial charge in [-0.2, -0.15) is 0 Å². The highest BCUT2D eigenvalue weighted by Crippen LogP contribution is 2.13. The average Bonchev–Trinajstić information content (AvgIpc) is 2.65. The molecule has 6 heteroatoms. The van der Waals surface area contributed by atoms with Gasteiger partial charge in [-0.3, -0.25) is 9.78 Å². The zero-order chi connectivity index (χ0) is 18.4. The summed E-state index contributed by atoms with van der Waals surface area (Å²) < 4.78 is 25.8. The molecule has 1 amide bonds. The highest BCUT2D eigenvalue weighted by Gasteiger charge is 2.08. The second-order valence-corrected chi connectivity index (χ2v) is 5.73. The number of carbonyl (C=O) groups excluding carboxylic acids is 1. The highest BCUT2D eigenvalue weighted by atomic mass is 19.1. The Bertz CT molecular complexity index is 880. The van der Waals surface area contributed by atoms with Crippen molar-refractivity contribution in [1.82, 2.24) is 4.98 Å². The Hall–Kier alpha value is -3.28. The van der Waals surface area contributed by atoms with E-state index in [1.54, 1.807) is 24.4 Å². The van der Waals surface area contributed by atoms with Crippen LogP contribution in [0.5, 0.6) is 0 Å². The Labute approximate surface area is 149 Å². The molecule has 0 aliphatic heterocycles. The van der Waals surface area contributed by atoms with Gasteiger partial charge in [0, 0.05) is 24.6 Å². The van der Waals surface area contributed by atoms with Gasteiger partial charge in [-0.05, 0) is 54.4 Å². The van der Waals surface area contributed by atoms with Gasteiger partial charge in [0.15, 0.2) is 0 Å². The van der Waals surface area contributed by atoms with E-state index < -0.39 is 0 Å². The minimum atomic E-state index is -0.364. The van der Waals surface area contributed by atoms with Gasteiger partial charge in [0.2, 0.25) is 0 Å². The van der Waals surface area contributed by atoms with Gasteiger partial charge in [-0.25, -0.2) is 8.78 Å². The predicted molar refractivity (Wildman–Crippen MR) is 97.2 cm³/mol. The van der Waals surface area contributed by atoms with Gasteiger partial charge in [-0.15, -0.1) is 0 Å². The van der Waals surface area contributed by atoms with Crippen LogP contribution in [0.25, 0.3) is 0 Å². The summed E-state index contributed by atoms with van der Waals surface area (Å²) in [5, 5.41) is 5.88. The third-order valence-corrected chi connectivity index (χ3v) is 3.76. The lowest BCUT2D eigenvalue weighted by atomic mass is 10.1. The maximum Gasteiger partial charge on any atom is 0.257 e. The molecule has 1 heterocycles. The van der Waals surface area contributed by atoms with Gasteiger partial charge in [0.25, 0.3) is 5.91 Å². The van der Waals surface area contributed by atoms with Crippen molar-refractivity contribution in [2.75, 3.05) is 17.2 Å². The molecule has 0 aliphatic carbocycles. The van der Waals surface area contributed by atoms with Crippen LogP contribution in [-0.4, -0.2) is 17.4 Å². The topological polar surface area (TPSA) is 54.0 Å². The summed E-state index contributed by atoms with van der Waals surface area (Å²) in [4.78, 5) is 16.3. The van der Waals surface area contributed by atoms with Crippen molar-refractivity contribution in [3.05, 3.63) is 89.8 Å². The average molecular weight is 353 g/mol. The number of hydrogen-bond acceptors (Lipinski definition) is 3. The number of anilines is 2. The molecule has 26 heavy (non-hydrogen) atoms. The van der Waals surface area contributed by atoms with Crippen molar-refractivity contribution < 1.29 is 13.6 Å². The number of halogens is 2. The summed E-state index contributed by atoms with van der Waals surface area (Å²) in [6, 6.07) is 13.6. The first-order chi connectivity index (χ1) is 12.6. The molecule has 2 aromatic carbocycles. The van der Waals surface area contributed by atoms with Gasteiger partial charge in [0.05, 0.1) is 11.3 Å². The second-order valence-electron chi connectivity index (χ2n) is 5.73. The quantitative estimate of drug-likeness (QED) is 0.696. The normalized spacial score (nSPS) is 10.4. The van der Waals surface area contributed by atoms with Crippen molar-refractivity contribution in [2.24, 2.45) is 0 Å². The molecule has 0 aliphatic rings. The molecule has 0 fully saturated rings. The molecular formula is C20H17F2N3O. The summed E-state index contributed by atoms with van der Waals surface area (Å²) >= 11 is 0. The molecule has 3 rings (SSSR count). The number of benzene rings is 2. The third kappa shape index (κ3) is 4.86. The zero-order valence-corrected chi connectivity index (χ0v) is 13.9. The molecule has 3 aromatic rings. The van der Waals surface area contributed by atoms with E-state index in [0.717, 1.165) is 5.56 Å². The minimum Gasteiger partial charge on any atom is -0.383 e. The fourth-order valence-corrected chi connectivity index (χ4v) is 2.40. The van der Waals surface area contributed by atoms with Crippen LogP contribution in [0.15, 0.2) is 67.0 Å². The summed E-state index contributed by atoms with van der Waals surface area (Å²) in [6.07, 6.45) is 3.80. The lowest BCUT2D eigenvalue weighted by Gasteiger charge is -2.09. The first-order valence-corrected chi connectivity index (χ1v) is 8.10. The fourth-order valence-electron chi connectivity index (χ4n) is 2.40. The smallest absolute Gasteiger partial charge is 0.257 e. The standard InChI is InChI=1S/C20H17F2N3O/c21-16-3-1-14(2-4-16)9-10-24-19-11-15(12-23-13-19)20(26)25-18-7-5-17(22)6-8-18/h1-8,11-13,24H,9-10H2,(H,25,26). The van der Waals surface area contributed by atoms with Crippen molar-refractivity contribution in [3.63, 3.8) is 0 Å². The lowest BCUT2D eigenvalue weighted by Crippen LogP contribution is -2.13. The van der Waals surface area contributed by atoms with Crippen LogP contribution in [0.4, 0.5) is 20.2 Å². The molecular weight excluding hydrogens is 336 g/mol. The number of carbonyl (C=O) groups is 1. The number of amides is 1. The predicted octanol–water partition coefficient (Wildman–Crippen LogP) is 4.27. The third-order valence-electron chi connectivity index (χ3n) is 3.76. The Kier molecular flexibility index (Phi) is 5.53. The molecule has 0 atom stereocenters. The lowest BCUT2D eigenvalue weighted by molar-refractivity contribution is 0.102. The van der Waals surface area contributed by atoms with E-state index in [-0.39, 0.29) is 17.5 Å². The maximum atomic E-state index is 12.9. The molecule has 0 saturated heterocycles. The van der Waals surface area contributed by atoms with E-state index in [4.69, 9.17) is 0 Å². The van der Waals surface area contributed by atoms with E-state index in [1.807, 2.05) is 0 Å². The number of hydrogen-bond donors (Lipinski definition) is 2. The SMILES string of the molecule is O=C(Nc1ccc(F)cc1)c1cncc(NCCc2ccc(F)cc2)c1. The number of nitrogens with one attached hydrogen (secondary N) is 2. The number of aromatic nitrogens is 1. The fraction of sp³-hybridized carbons (Fsp3) is 0.100. The van der Waals surface area contributed by atoms with Crippen LogP contribution >= 0.6 is 0 Å². The summed E-state index contributed by atoms with van der Waals surface area (Å²) in [6.45, 7) is 0.621. The summed E-state index contributed by atoms with van der Waals surface area (Å²) in [5.41, 5.74) is 2.61. The minimum absolute atomic E-state index is 0.259. The van der Waals surface area contributed by atoms with E-state index in [2.05, 4.69) is 15.6 Å². The van der Waals surface area contributed by atoms with E-state index in [9.17, 15) is 13.6 Å². The number of pyridine rings is 1. The largest absolute Gasteiger partial charge is 0.383 e. The molecule has 132 valence electrons. The number of rotatable bonds is 6. The Balaban J connectivity index is 1.57. The first kappa shape index (κ1) is 17.5. The van der Waals surface area contributed by atoms with E-state index >= 15 is 0 Å². The molecule has 0 bridgehead atoms. The molecule has 1 aromatic heterocycles. The van der Waals surface area contributed by atoms with Gasteiger partial charge in [0.1, 0.15) is 11.6 Å². The van der Waals surface area contributed by atoms with Gasteiger partial charge < -0.3 is 10.6 Å². The van der Waals surface area contributed by atoms with Crippen molar-refractivity contribution >= 4 is 17.3 Å². The Morgan fingerprint density at radius 2 is 1.54 bits per heavy atom. The van der Waals surface area contributed by atoms with Crippen LogP contribution in [0.1, 0.15) is 15.9 Å². The van der Waals surface area contributed by atoms with E-state index in [1.165, 1.54) is 42.6 Å². The van der Waals surface area contributed by atoms with Crippen LogP contribution in [0, 0.1) is 11.6 Å². The van der Waals surface area contributed by atoms with Crippen LogP contribution in [0.2, 0.25) is 0 Å². The van der Waals surface area contributed by atoms with Gasteiger partial charge >= 0.3 is 0 Å². The molecule has 0 radical (unpaired) electrons. The van der Waals surface area contributed by atoms with Crippen LogP contribution in [-0.2, 0) is 6.42 Å². The molecule has 2 N–H and O–H groups in total. The van der Waals surface area contributed by atoms with Crippen LogP contribution < -0.4 is 10.6 Å². The molecule has 0 spiro atoms. The van der Waals surface area contributed by atoms with Crippen molar-refractivity contribution in [2.45, 2.75) is 6.42 Å². The van der Waals surface area contributed by atoms with Crippen LogP contribution in [0.3, 0.4) is 0 Å². The Morgan fingerprint density at radius 1 is 0.885 bits per heavy atom. The Morgan fingerprint density at radius 3 is 2.23 bits per heavy atom. The molecule has 4 nitrogen and oxygen atoms in total. The van der Waals surface area contributed by atoms with Crippen molar-refractivity contribution in [3.8, 4) is 0 Å². The first-order valence-electron chi connectivity index (χ1n) is 8.10. The molecule has 0 unspecified atom stereocenters. The van der Waals surface area contributed by atoms with E-state index in [0.29, 0.717) is 29.9 Å². The number of nitrogens with zero attached hydrogens (tertiary/aromatic N) is 1. The summed E-state index contributed by atoms with van der Waals surface area (Å²) in [5.74, 6) is -0.950. The maximum absolute atomic E-state index is 12.9. The van der Waals surface area contributed by atoms with Gasteiger partial charge in [-0.1, -0.05) is 12.1 Å². The monoisotopic (exact) mass is 353 g/mol.